The van der Waals surface area contributed by atoms with Crippen molar-refractivity contribution in [3.8, 4) is 17.3 Å². The molecule has 2 aromatic heterocycles. The van der Waals surface area contributed by atoms with Crippen LogP contribution in [0.4, 0.5) is 4.39 Å². The van der Waals surface area contributed by atoms with Gasteiger partial charge in [-0.1, -0.05) is 18.2 Å². The number of benzene rings is 1. The average Bonchev–Trinajstić information content (AvgIpc) is 2.47. The van der Waals surface area contributed by atoms with E-state index in [0.717, 1.165) is 16.5 Å². The van der Waals surface area contributed by atoms with Crippen molar-refractivity contribution in [3.05, 3.63) is 48.3 Å². The molecule has 4 nitrogen and oxygen atoms in total. The predicted molar refractivity (Wildman–Crippen MR) is 74.1 cm³/mol. The Labute approximate surface area is 115 Å². The number of alkyl halides is 1. The highest BCUT2D eigenvalue weighted by Crippen LogP contribution is 2.27. The molecule has 0 bridgehead atoms. The Kier molecular flexibility index (Phi) is 3.25. The first-order chi connectivity index (χ1) is 9.78. The van der Waals surface area contributed by atoms with E-state index in [1.54, 1.807) is 18.5 Å². The Morgan fingerprint density at radius 3 is 2.85 bits per heavy atom. The van der Waals surface area contributed by atoms with Crippen molar-refractivity contribution >= 4 is 10.9 Å². The van der Waals surface area contributed by atoms with Gasteiger partial charge < -0.3 is 4.74 Å². The smallest absolute Gasteiger partial charge is 0.228 e. The molecule has 0 saturated carbocycles. The van der Waals surface area contributed by atoms with Crippen LogP contribution < -0.4 is 4.74 Å². The van der Waals surface area contributed by atoms with Crippen LogP contribution in [0.15, 0.2) is 42.7 Å². The molecule has 3 rings (SSSR count). The maximum absolute atomic E-state index is 12.5. The first kappa shape index (κ1) is 12.5. The van der Waals surface area contributed by atoms with Crippen LogP contribution in [0.1, 0.15) is 5.56 Å². The summed E-state index contributed by atoms with van der Waals surface area (Å²) in [4.78, 5) is 13.0. The summed E-state index contributed by atoms with van der Waals surface area (Å²) in [5.41, 5.74) is 2.14. The third-order valence-electron chi connectivity index (χ3n) is 2.90. The van der Waals surface area contributed by atoms with Gasteiger partial charge in [-0.05, 0) is 24.6 Å². The van der Waals surface area contributed by atoms with Gasteiger partial charge in [-0.15, -0.1) is 0 Å². The van der Waals surface area contributed by atoms with E-state index in [4.69, 9.17) is 4.74 Å². The lowest BCUT2D eigenvalue weighted by molar-refractivity contribution is 0.192. The molecular formula is C15H12FN3O. The fourth-order valence-electron chi connectivity index (χ4n) is 1.97. The molecule has 0 amide bonds. The number of rotatable bonds is 3. The molecule has 0 radical (unpaired) electrons. The van der Waals surface area contributed by atoms with Crippen molar-refractivity contribution in [1.29, 1.82) is 0 Å². The summed E-state index contributed by atoms with van der Waals surface area (Å²) < 4.78 is 17.4. The monoisotopic (exact) mass is 269 g/mol. The Morgan fingerprint density at radius 1 is 1.15 bits per heavy atom. The second-order valence-corrected chi connectivity index (χ2v) is 4.37. The van der Waals surface area contributed by atoms with Gasteiger partial charge in [0.25, 0.3) is 0 Å². The minimum Gasteiger partial charge on any atom is -0.461 e. The molecule has 3 aromatic rings. The van der Waals surface area contributed by atoms with Crippen molar-refractivity contribution in [2.45, 2.75) is 6.92 Å². The van der Waals surface area contributed by atoms with Gasteiger partial charge in [-0.2, -0.15) is 0 Å². The van der Waals surface area contributed by atoms with Crippen molar-refractivity contribution in [2.24, 2.45) is 0 Å². The normalized spacial score (nSPS) is 10.7. The lowest BCUT2D eigenvalue weighted by Crippen LogP contribution is -1.99. The van der Waals surface area contributed by atoms with Crippen molar-refractivity contribution in [2.75, 3.05) is 6.86 Å². The molecule has 100 valence electrons. The molecule has 2 heterocycles. The van der Waals surface area contributed by atoms with Gasteiger partial charge in [0.05, 0.1) is 5.52 Å². The lowest BCUT2D eigenvalue weighted by Gasteiger charge is -2.08. The summed E-state index contributed by atoms with van der Waals surface area (Å²) in [5, 5.41) is 0.941. The van der Waals surface area contributed by atoms with Crippen LogP contribution in [-0.2, 0) is 0 Å². The van der Waals surface area contributed by atoms with E-state index in [9.17, 15) is 4.39 Å². The number of aryl methyl sites for hydroxylation is 1. The Morgan fingerprint density at radius 2 is 2.00 bits per heavy atom. The van der Waals surface area contributed by atoms with Gasteiger partial charge >= 0.3 is 0 Å². The first-order valence-electron chi connectivity index (χ1n) is 6.15. The van der Waals surface area contributed by atoms with Crippen molar-refractivity contribution < 1.29 is 9.13 Å². The molecular weight excluding hydrogens is 257 g/mol. The molecule has 0 fully saturated rings. The van der Waals surface area contributed by atoms with Crippen molar-refractivity contribution in [3.63, 3.8) is 0 Å². The zero-order valence-electron chi connectivity index (χ0n) is 10.9. The van der Waals surface area contributed by atoms with E-state index in [-0.39, 0.29) is 0 Å². The SMILES string of the molecule is Cc1cnc(-c2ncc3ccccc3n2)c(OCF)c1. The quantitative estimate of drug-likeness (QED) is 0.732. The minimum absolute atomic E-state index is 0.350. The summed E-state index contributed by atoms with van der Waals surface area (Å²) in [6.45, 7) is 0.953. The van der Waals surface area contributed by atoms with E-state index in [1.165, 1.54) is 0 Å². The van der Waals surface area contributed by atoms with E-state index in [1.807, 2.05) is 31.2 Å². The van der Waals surface area contributed by atoms with Crippen LogP contribution in [0, 0.1) is 6.92 Å². The van der Waals surface area contributed by atoms with E-state index in [2.05, 4.69) is 15.0 Å². The van der Waals surface area contributed by atoms with Gasteiger partial charge in [0.15, 0.2) is 11.6 Å². The highest BCUT2D eigenvalue weighted by Gasteiger charge is 2.12. The molecule has 0 saturated heterocycles. The van der Waals surface area contributed by atoms with Gasteiger partial charge in [-0.25, -0.2) is 19.3 Å². The third-order valence-corrected chi connectivity index (χ3v) is 2.90. The Bertz CT molecular complexity index is 761. The van der Waals surface area contributed by atoms with Gasteiger partial charge in [0.1, 0.15) is 5.69 Å². The number of halogens is 1. The molecule has 20 heavy (non-hydrogen) atoms. The van der Waals surface area contributed by atoms with Crippen LogP contribution in [0.3, 0.4) is 0 Å². The largest absolute Gasteiger partial charge is 0.461 e. The Hall–Kier alpha value is -2.56. The summed E-state index contributed by atoms with van der Waals surface area (Å²) in [7, 11) is 0. The molecule has 0 spiro atoms. The number of aromatic nitrogens is 3. The lowest BCUT2D eigenvalue weighted by atomic mass is 10.2. The van der Waals surface area contributed by atoms with Crippen LogP contribution in [0.2, 0.25) is 0 Å². The Balaban J connectivity index is 2.14. The second kappa shape index (κ2) is 5.21. The molecule has 0 unspecified atom stereocenters. The maximum atomic E-state index is 12.5. The highest BCUT2D eigenvalue weighted by atomic mass is 19.1. The molecule has 0 aliphatic heterocycles. The number of pyridine rings is 1. The zero-order chi connectivity index (χ0) is 13.9. The van der Waals surface area contributed by atoms with E-state index < -0.39 is 6.86 Å². The van der Waals surface area contributed by atoms with Crippen LogP contribution in [-0.4, -0.2) is 21.8 Å². The van der Waals surface area contributed by atoms with Crippen LogP contribution in [0.5, 0.6) is 5.75 Å². The maximum Gasteiger partial charge on any atom is 0.228 e. The van der Waals surface area contributed by atoms with E-state index >= 15 is 0 Å². The zero-order valence-corrected chi connectivity index (χ0v) is 10.9. The predicted octanol–water partition coefficient (Wildman–Crippen LogP) is 3.31. The molecule has 0 aliphatic carbocycles. The average molecular weight is 269 g/mol. The number of hydrogen-bond acceptors (Lipinski definition) is 4. The fraction of sp³-hybridized carbons (Fsp3) is 0.133. The molecule has 0 aliphatic rings. The van der Waals surface area contributed by atoms with Crippen molar-refractivity contribution in [1.82, 2.24) is 15.0 Å². The number of hydrogen-bond donors (Lipinski definition) is 0. The highest BCUT2D eigenvalue weighted by molar-refractivity contribution is 5.79. The van der Waals surface area contributed by atoms with Gasteiger partial charge in [-0.3, -0.25) is 0 Å². The number of ether oxygens (including phenoxy) is 1. The summed E-state index contributed by atoms with van der Waals surface area (Å²) in [6.07, 6.45) is 3.40. The summed E-state index contributed by atoms with van der Waals surface area (Å²) in [6, 6.07) is 9.37. The number of fused-ring (bicyclic) bond motifs is 1. The third kappa shape index (κ3) is 2.30. The topological polar surface area (TPSA) is 47.9 Å². The second-order valence-electron chi connectivity index (χ2n) is 4.37. The number of para-hydroxylation sites is 1. The first-order valence-corrected chi connectivity index (χ1v) is 6.15. The molecule has 0 atom stereocenters. The summed E-state index contributed by atoms with van der Waals surface area (Å²) in [5.74, 6) is 0.773. The summed E-state index contributed by atoms with van der Waals surface area (Å²) >= 11 is 0. The van der Waals surface area contributed by atoms with Gasteiger partial charge in [0, 0.05) is 17.8 Å². The molecule has 1 aromatic carbocycles. The molecule has 0 N–H and O–H groups in total. The van der Waals surface area contributed by atoms with E-state index in [0.29, 0.717) is 17.3 Å². The molecule has 5 heteroatoms. The number of nitrogens with zero attached hydrogens (tertiary/aromatic N) is 3. The fourth-order valence-corrected chi connectivity index (χ4v) is 1.97. The minimum atomic E-state index is -0.911. The van der Waals surface area contributed by atoms with Gasteiger partial charge in [0.2, 0.25) is 6.86 Å². The van der Waals surface area contributed by atoms with Crippen LogP contribution in [0.25, 0.3) is 22.4 Å². The van der Waals surface area contributed by atoms with Crippen LogP contribution >= 0.6 is 0 Å². The standard InChI is InChI=1S/C15H12FN3O/c1-10-6-13(20-9-16)14(17-7-10)15-18-8-11-4-2-3-5-12(11)19-15/h2-8H,9H2,1H3.